The summed E-state index contributed by atoms with van der Waals surface area (Å²) in [6.45, 7) is -1.38. The second-order valence-electron chi connectivity index (χ2n) is 4.26. The first-order valence-corrected chi connectivity index (χ1v) is 5.70. The molecule has 0 aliphatic carbocycles. The Hall–Kier alpha value is -1.29. The van der Waals surface area contributed by atoms with Gasteiger partial charge in [-0.25, -0.2) is 13.6 Å². The molecule has 0 aromatic carbocycles. The predicted molar refractivity (Wildman–Crippen MR) is 55.4 cm³/mol. The van der Waals surface area contributed by atoms with Gasteiger partial charge in [0.25, 0.3) is 0 Å². The van der Waals surface area contributed by atoms with Crippen LogP contribution in [0.2, 0.25) is 0 Å². The molecule has 0 atom stereocenters. The SMILES string of the molecule is CCCCN(CC(F)(F)C(F)(F)C(F)(F)C(F)F)C(=O)O. The van der Waals surface area contributed by atoms with Crippen molar-refractivity contribution in [3.63, 3.8) is 0 Å². The van der Waals surface area contributed by atoms with Crippen molar-refractivity contribution in [2.75, 3.05) is 13.1 Å². The van der Waals surface area contributed by atoms with E-state index in [1.54, 1.807) is 0 Å². The Bertz CT molecular complexity index is 361. The summed E-state index contributed by atoms with van der Waals surface area (Å²) in [5, 5.41) is 8.55. The minimum Gasteiger partial charge on any atom is -0.465 e. The van der Waals surface area contributed by atoms with E-state index in [9.17, 15) is 39.9 Å². The molecule has 0 heterocycles. The summed E-state index contributed by atoms with van der Waals surface area (Å²) in [4.78, 5) is 10.4. The maximum atomic E-state index is 13.2. The zero-order valence-corrected chi connectivity index (χ0v) is 10.7. The fraction of sp³-hybridized carbons (Fsp3) is 0.900. The molecular formula is C10H13F8NO2. The molecule has 0 saturated carbocycles. The predicted octanol–water partition coefficient (Wildman–Crippen LogP) is 3.94. The average Bonchev–Trinajstić information content (AvgIpc) is 2.33. The zero-order valence-electron chi connectivity index (χ0n) is 10.7. The minimum absolute atomic E-state index is 0.0131. The Kier molecular flexibility index (Phi) is 6.24. The van der Waals surface area contributed by atoms with Gasteiger partial charge in [0.2, 0.25) is 0 Å². The molecule has 0 aliphatic rings. The lowest BCUT2D eigenvalue weighted by molar-refractivity contribution is -0.339. The van der Waals surface area contributed by atoms with Gasteiger partial charge in [-0.05, 0) is 6.42 Å². The number of carboxylic acid groups (broad SMARTS) is 1. The van der Waals surface area contributed by atoms with E-state index >= 15 is 0 Å². The van der Waals surface area contributed by atoms with E-state index in [1.165, 1.54) is 6.92 Å². The molecule has 0 aromatic rings. The van der Waals surface area contributed by atoms with E-state index in [1.807, 2.05) is 0 Å². The maximum absolute atomic E-state index is 13.2. The van der Waals surface area contributed by atoms with Gasteiger partial charge < -0.3 is 10.0 Å². The van der Waals surface area contributed by atoms with Crippen molar-refractivity contribution in [2.24, 2.45) is 0 Å². The van der Waals surface area contributed by atoms with Crippen LogP contribution in [0.5, 0.6) is 0 Å². The van der Waals surface area contributed by atoms with Crippen molar-refractivity contribution in [3.05, 3.63) is 0 Å². The van der Waals surface area contributed by atoms with Crippen molar-refractivity contribution < 1.29 is 45.0 Å². The van der Waals surface area contributed by atoms with Gasteiger partial charge in [0.15, 0.2) is 0 Å². The molecule has 0 radical (unpaired) electrons. The minimum atomic E-state index is -6.39. The molecule has 11 heteroatoms. The lowest BCUT2D eigenvalue weighted by atomic mass is 10.0. The lowest BCUT2D eigenvalue weighted by Crippen LogP contribution is -2.61. The van der Waals surface area contributed by atoms with E-state index in [0.29, 0.717) is 6.42 Å². The highest BCUT2D eigenvalue weighted by Gasteiger charge is 2.75. The molecule has 0 saturated heterocycles. The van der Waals surface area contributed by atoms with Crippen molar-refractivity contribution in [1.29, 1.82) is 0 Å². The summed E-state index contributed by atoms with van der Waals surface area (Å²) in [6.07, 6.45) is -6.73. The number of hydrogen-bond donors (Lipinski definition) is 1. The number of hydrogen-bond acceptors (Lipinski definition) is 1. The summed E-state index contributed by atoms with van der Waals surface area (Å²) in [6, 6.07) is 0. The van der Waals surface area contributed by atoms with Crippen LogP contribution in [0.25, 0.3) is 0 Å². The fourth-order valence-electron chi connectivity index (χ4n) is 1.31. The van der Waals surface area contributed by atoms with Crippen molar-refractivity contribution in [2.45, 2.75) is 44.0 Å². The quantitative estimate of drug-likeness (QED) is 0.685. The Morgan fingerprint density at radius 2 is 1.62 bits per heavy atom. The first-order chi connectivity index (χ1) is 9.31. The maximum Gasteiger partial charge on any atom is 0.407 e. The van der Waals surface area contributed by atoms with Gasteiger partial charge in [-0.3, -0.25) is 0 Å². The zero-order chi connectivity index (χ0) is 17.1. The van der Waals surface area contributed by atoms with Gasteiger partial charge in [0, 0.05) is 6.54 Å². The third kappa shape index (κ3) is 4.10. The highest BCUT2D eigenvalue weighted by atomic mass is 19.4. The molecule has 126 valence electrons. The molecule has 0 unspecified atom stereocenters. The number of nitrogens with zero attached hydrogens (tertiary/aromatic N) is 1. The third-order valence-corrected chi connectivity index (χ3v) is 2.59. The van der Waals surface area contributed by atoms with Crippen LogP contribution in [0, 0.1) is 0 Å². The van der Waals surface area contributed by atoms with E-state index in [2.05, 4.69) is 0 Å². The van der Waals surface area contributed by atoms with Gasteiger partial charge in [-0.2, -0.15) is 26.3 Å². The van der Waals surface area contributed by atoms with Crippen LogP contribution in [0.4, 0.5) is 39.9 Å². The van der Waals surface area contributed by atoms with Crippen LogP contribution < -0.4 is 0 Å². The Morgan fingerprint density at radius 3 is 1.95 bits per heavy atom. The van der Waals surface area contributed by atoms with Gasteiger partial charge >= 0.3 is 30.3 Å². The third-order valence-electron chi connectivity index (χ3n) is 2.59. The summed E-state index contributed by atoms with van der Waals surface area (Å²) in [5.41, 5.74) is 0. The average molecular weight is 331 g/mol. The topological polar surface area (TPSA) is 40.5 Å². The molecule has 1 N–H and O–H groups in total. The molecule has 0 rings (SSSR count). The smallest absolute Gasteiger partial charge is 0.407 e. The number of carbonyl (C=O) groups is 1. The van der Waals surface area contributed by atoms with Gasteiger partial charge in [0.1, 0.15) is 0 Å². The highest BCUT2D eigenvalue weighted by Crippen LogP contribution is 2.48. The first kappa shape index (κ1) is 19.7. The van der Waals surface area contributed by atoms with Crippen LogP contribution >= 0.6 is 0 Å². The lowest BCUT2D eigenvalue weighted by Gasteiger charge is -2.34. The number of rotatable bonds is 8. The molecule has 0 bridgehead atoms. The molecule has 0 aromatic heterocycles. The summed E-state index contributed by atoms with van der Waals surface area (Å²) >= 11 is 0. The second kappa shape index (κ2) is 6.65. The Morgan fingerprint density at radius 1 is 1.14 bits per heavy atom. The van der Waals surface area contributed by atoms with Gasteiger partial charge in [-0.15, -0.1) is 0 Å². The highest BCUT2D eigenvalue weighted by molar-refractivity contribution is 5.65. The van der Waals surface area contributed by atoms with Crippen LogP contribution in [0.1, 0.15) is 19.8 Å². The van der Waals surface area contributed by atoms with E-state index in [4.69, 9.17) is 5.11 Å². The van der Waals surface area contributed by atoms with E-state index in [0.717, 1.165) is 0 Å². The summed E-state index contributed by atoms with van der Waals surface area (Å²) in [7, 11) is 0. The normalized spacial score (nSPS) is 13.6. The number of alkyl halides is 8. The summed E-state index contributed by atoms with van der Waals surface area (Å²) in [5.74, 6) is -18.3. The van der Waals surface area contributed by atoms with E-state index in [-0.39, 0.29) is 11.3 Å². The van der Waals surface area contributed by atoms with Crippen molar-refractivity contribution in [1.82, 2.24) is 4.90 Å². The number of halogens is 8. The molecule has 1 amide bonds. The summed E-state index contributed by atoms with van der Waals surface area (Å²) < 4.78 is 101. The Labute approximate surface area is 114 Å². The number of unbranched alkanes of at least 4 members (excludes halogenated alkanes) is 1. The Balaban J connectivity index is 5.29. The molecule has 21 heavy (non-hydrogen) atoms. The second-order valence-corrected chi connectivity index (χ2v) is 4.26. The van der Waals surface area contributed by atoms with Crippen LogP contribution in [-0.2, 0) is 0 Å². The fourth-order valence-corrected chi connectivity index (χ4v) is 1.31. The van der Waals surface area contributed by atoms with Gasteiger partial charge in [0.05, 0.1) is 6.54 Å². The van der Waals surface area contributed by atoms with Crippen LogP contribution in [0.3, 0.4) is 0 Å². The standard InChI is InChI=1S/C10H13F8NO2/c1-2-3-4-19(7(20)21)5-8(13,14)10(17,18)9(15,16)6(11)12/h6H,2-5H2,1H3,(H,20,21). The van der Waals surface area contributed by atoms with Crippen LogP contribution in [-0.4, -0.2) is 53.4 Å². The molecule has 0 fully saturated rings. The molecular weight excluding hydrogens is 318 g/mol. The van der Waals surface area contributed by atoms with Crippen molar-refractivity contribution in [3.8, 4) is 0 Å². The number of amides is 1. The molecule has 0 aliphatic heterocycles. The van der Waals surface area contributed by atoms with E-state index < -0.39 is 43.4 Å². The largest absolute Gasteiger partial charge is 0.465 e. The van der Waals surface area contributed by atoms with Gasteiger partial charge in [-0.1, -0.05) is 13.3 Å². The molecule has 0 spiro atoms. The van der Waals surface area contributed by atoms with Crippen LogP contribution in [0.15, 0.2) is 0 Å². The monoisotopic (exact) mass is 331 g/mol. The van der Waals surface area contributed by atoms with Crippen molar-refractivity contribution >= 4 is 6.09 Å². The first-order valence-electron chi connectivity index (χ1n) is 5.70. The molecule has 3 nitrogen and oxygen atoms in total.